The van der Waals surface area contributed by atoms with Gasteiger partial charge >= 0.3 is 0 Å². The molecule has 0 bridgehead atoms. The number of piperidine rings is 1. The highest BCUT2D eigenvalue weighted by Crippen LogP contribution is 2.30. The zero-order valence-corrected chi connectivity index (χ0v) is 11.6. The Morgan fingerprint density at radius 2 is 2.00 bits per heavy atom. The molecule has 1 aromatic rings. The molecule has 20 heavy (non-hydrogen) atoms. The minimum absolute atomic E-state index is 0.140. The van der Waals surface area contributed by atoms with Crippen LogP contribution < -0.4 is 10.6 Å². The Kier molecular flexibility index (Phi) is 4.37. The summed E-state index contributed by atoms with van der Waals surface area (Å²) in [4.78, 5) is 24.4. The van der Waals surface area contributed by atoms with E-state index in [0.717, 1.165) is 12.8 Å². The maximum Gasteiger partial charge on any atom is 0.217 e. The van der Waals surface area contributed by atoms with E-state index >= 15 is 0 Å². The van der Waals surface area contributed by atoms with Crippen LogP contribution in [0.5, 0.6) is 0 Å². The summed E-state index contributed by atoms with van der Waals surface area (Å²) in [5.74, 6) is -0.542. The third kappa shape index (κ3) is 3.15. The van der Waals surface area contributed by atoms with Crippen molar-refractivity contribution in [3.05, 3.63) is 29.6 Å². The van der Waals surface area contributed by atoms with Crippen LogP contribution in [0.4, 0.5) is 10.1 Å². The molecule has 0 saturated carbocycles. The molecule has 2 N–H and O–H groups in total. The molecule has 0 atom stereocenters. The van der Waals surface area contributed by atoms with Crippen LogP contribution in [-0.4, -0.2) is 24.8 Å². The Hall–Kier alpha value is -1.91. The summed E-state index contributed by atoms with van der Waals surface area (Å²) < 4.78 is 14.0. The Balaban J connectivity index is 2.14. The van der Waals surface area contributed by atoms with Crippen LogP contribution in [-0.2, 0) is 4.79 Å². The largest absolute Gasteiger partial charge is 0.370 e. The number of carbonyl (C=O) groups is 2. The standard InChI is InChI=1S/C15H19FN2O2/c1-10(19)12-3-2-4-13(16)15(12)18-7-5-11(6-8-18)9-14(17)20/h2-4,11H,5-9H2,1H3,(H2,17,20). The molecule has 0 radical (unpaired) electrons. The molecule has 0 aliphatic carbocycles. The van der Waals surface area contributed by atoms with Gasteiger partial charge in [-0.25, -0.2) is 4.39 Å². The fourth-order valence-corrected chi connectivity index (χ4v) is 2.77. The highest BCUT2D eigenvalue weighted by molar-refractivity contribution is 5.99. The van der Waals surface area contributed by atoms with Crippen LogP contribution in [0.15, 0.2) is 18.2 Å². The van der Waals surface area contributed by atoms with E-state index < -0.39 is 0 Å². The molecule has 1 saturated heterocycles. The Morgan fingerprint density at radius 1 is 1.35 bits per heavy atom. The molecular weight excluding hydrogens is 259 g/mol. The van der Waals surface area contributed by atoms with E-state index in [1.165, 1.54) is 13.0 Å². The fraction of sp³-hybridized carbons (Fsp3) is 0.467. The van der Waals surface area contributed by atoms with Crippen LogP contribution in [0.1, 0.15) is 36.5 Å². The molecule has 0 unspecified atom stereocenters. The number of carbonyl (C=O) groups excluding carboxylic acids is 2. The van der Waals surface area contributed by atoms with Gasteiger partial charge < -0.3 is 10.6 Å². The highest BCUT2D eigenvalue weighted by atomic mass is 19.1. The van der Waals surface area contributed by atoms with E-state index in [-0.39, 0.29) is 23.4 Å². The van der Waals surface area contributed by atoms with Crippen molar-refractivity contribution in [3.8, 4) is 0 Å². The number of halogens is 1. The second kappa shape index (κ2) is 6.03. The van der Waals surface area contributed by atoms with Gasteiger partial charge in [-0.3, -0.25) is 9.59 Å². The molecule has 108 valence electrons. The van der Waals surface area contributed by atoms with Gasteiger partial charge in [-0.05, 0) is 37.8 Å². The first-order valence-corrected chi connectivity index (χ1v) is 6.81. The molecule has 1 aromatic carbocycles. The lowest BCUT2D eigenvalue weighted by molar-refractivity contribution is -0.119. The van der Waals surface area contributed by atoms with Gasteiger partial charge in [-0.1, -0.05) is 6.07 Å². The number of hydrogen-bond donors (Lipinski definition) is 1. The van der Waals surface area contributed by atoms with Crippen molar-refractivity contribution < 1.29 is 14.0 Å². The molecule has 1 heterocycles. The number of rotatable bonds is 4. The minimum atomic E-state index is -0.369. The molecule has 1 fully saturated rings. The summed E-state index contributed by atoms with van der Waals surface area (Å²) >= 11 is 0. The number of anilines is 1. The summed E-state index contributed by atoms with van der Waals surface area (Å²) in [6.07, 6.45) is 1.95. The number of ketones is 1. The molecule has 1 amide bonds. The molecule has 2 rings (SSSR count). The second-order valence-corrected chi connectivity index (χ2v) is 5.29. The average Bonchev–Trinajstić information content (AvgIpc) is 2.39. The number of primary amides is 1. The van der Waals surface area contributed by atoms with Gasteiger partial charge in [-0.15, -0.1) is 0 Å². The van der Waals surface area contributed by atoms with E-state index in [1.54, 1.807) is 12.1 Å². The number of nitrogens with zero attached hydrogens (tertiary/aromatic N) is 1. The maximum absolute atomic E-state index is 14.0. The van der Waals surface area contributed by atoms with Crippen molar-refractivity contribution in [3.63, 3.8) is 0 Å². The van der Waals surface area contributed by atoms with E-state index in [0.29, 0.717) is 30.8 Å². The van der Waals surface area contributed by atoms with Crippen LogP contribution in [0, 0.1) is 11.7 Å². The molecule has 4 nitrogen and oxygen atoms in total. The molecule has 0 spiro atoms. The van der Waals surface area contributed by atoms with Crippen molar-refractivity contribution in [2.24, 2.45) is 11.7 Å². The maximum atomic E-state index is 14.0. The predicted molar refractivity (Wildman–Crippen MR) is 75.2 cm³/mol. The van der Waals surface area contributed by atoms with Crippen molar-refractivity contribution in [2.75, 3.05) is 18.0 Å². The van der Waals surface area contributed by atoms with Crippen LogP contribution in [0.2, 0.25) is 0 Å². The predicted octanol–water partition coefficient (Wildman–Crippen LogP) is 2.12. The zero-order valence-electron chi connectivity index (χ0n) is 11.6. The van der Waals surface area contributed by atoms with Gasteiger partial charge in [-0.2, -0.15) is 0 Å². The van der Waals surface area contributed by atoms with Gasteiger partial charge in [0.2, 0.25) is 5.91 Å². The second-order valence-electron chi connectivity index (χ2n) is 5.29. The topological polar surface area (TPSA) is 63.4 Å². The van der Waals surface area contributed by atoms with Crippen molar-refractivity contribution >= 4 is 17.4 Å². The van der Waals surface area contributed by atoms with E-state index in [2.05, 4.69) is 0 Å². The van der Waals surface area contributed by atoms with E-state index in [9.17, 15) is 14.0 Å². The normalized spacial score (nSPS) is 16.2. The number of nitrogens with two attached hydrogens (primary N) is 1. The SMILES string of the molecule is CC(=O)c1cccc(F)c1N1CCC(CC(N)=O)CC1. The highest BCUT2D eigenvalue weighted by Gasteiger charge is 2.25. The Bertz CT molecular complexity index is 523. The summed E-state index contributed by atoms with van der Waals surface area (Å²) in [5.41, 5.74) is 6.00. The van der Waals surface area contributed by atoms with Crippen molar-refractivity contribution in [1.29, 1.82) is 0 Å². The number of hydrogen-bond acceptors (Lipinski definition) is 3. The first-order valence-electron chi connectivity index (χ1n) is 6.81. The number of benzene rings is 1. The van der Waals surface area contributed by atoms with E-state index in [4.69, 9.17) is 5.73 Å². The van der Waals surface area contributed by atoms with Crippen LogP contribution >= 0.6 is 0 Å². The van der Waals surface area contributed by atoms with Crippen LogP contribution in [0.3, 0.4) is 0 Å². The minimum Gasteiger partial charge on any atom is -0.370 e. The monoisotopic (exact) mass is 278 g/mol. The van der Waals surface area contributed by atoms with Gasteiger partial charge in [0.15, 0.2) is 5.78 Å². The fourth-order valence-electron chi connectivity index (χ4n) is 2.77. The lowest BCUT2D eigenvalue weighted by Crippen LogP contribution is -2.36. The Labute approximate surface area is 117 Å². The third-order valence-corrected chi connectivity index (χ3v) is 3.79. The summed E-state index contributed by atoms with van der Waals surface area (Å²) in [6.45, 7) is 2.72. The van der Waals surface area contributed by atoms with E-state index in [1.807, 2.05) is 4.90 Å². The summed E-state index contributed by atoms with van der Waals surface area (Å²) in [6, 6.07) is 4.57. The quantitative estimate of drug-likeness (QED) is 0.858. The molecule has 1 aliphatic heterocycles. The van der Waals surface area contributed by atoms with Gasteiger partial charge in [0.05, 0.1) is 5.69 Å². The first kappa shape index (κ1) is 14.5. The Morgan fingerprint density at radius 3 is 2.55 bits per heavy atom. The van der Waals surface area contributed by atoms with Gasteiger partial charge in [0.1, 0.15) is 5.82 Å². The number of Topliss-reactive ketones (excluding diaryl/α,β-unsaturated/α-hetero) is 1. The molecule has 5 heteroatoms. The molecule has 1 aliphatic rings. The summed E-state index contributed by atoms with van der Waals surface area (Å²) in [7, 11) is 0. The number of amides is 1. The first-order chi connectivity index (χ1) is 9.49. The smallest absolute Gasteiger partial charge is 0.217 e. The molecular formula is C15H19FN2O2. The lowest BCUT2D eigenvalue weighted by atomic mass is 9.92. The number of para-hydroxylation sites is 1. The van der Waals surface area contributed by atoms with Gasteiger partial charge in [0.25, 0.3) is 0 Å². The lowest BCUT2D eigenvalue weighted by Gasteiger charge is -2.34. The third-order valence-electron chi connectivity index (χ3n) is 3.79. The van der Waals surface area contributed by atoms with Crippen molar-refractivity contribution in [2.45, 2.75) is 26.2 Å². The summed E-state index contributed by atoms with van der Waals surface area (Å²) in [5, 5.41) is 0. The zero-order chi connectivity index (χ0) is 14.7. The van der Waals surface area contributed by atoms with Crippen LogP contribution in [0.25, 0.3) is 0 Å². The van der Waals surface area contributed by atoms with Gasteiger partial charge in [0, 0.05) is 25.1 Å². The molecule has 0 aromatic heterocycles. The van der Waals surface area contributed by atoms with Crippen molar-refractivity contribution in [1.82, 2.24) is 0 Å². The average molecular weight is 278 g/mol.